The van der Waals surface area contributed by atoms with Crippen molar-refractivity contribution >= 4 is 32.6 Å². The Morgan fingerprint density at radius 3 is 2.77 bits per heavy atom. The Bertz CT molecular complexity index is 330. The number of hydrogen-bond donors (Lipinski definition) is 1. The van der Waals surface area contributed by atoms with Gasteiger partial charge < -0.3 is 9.46 Å². The zero-order valence-electron chi connectivity index (χ0n) is 7.33. The van der Waals surface area contributed by atoms with E-state index in [1.54, 1.807) is 19.4 Å². The predicted molar refractivity (Wildman–Crippen MR) is 58.4 cm³/mol. The highest BCUT2D eigenvalue weighted by atomic mass is 79.9. The first-order valence-corrected chi connectivity index (χ1v) is 5.92. The van der Waals surface area contributed by atoms with Crippen molar-refractivity contribution in [3.63, 3.8) is 0 Å². The van der Waals surface area contributed by atoms with Gasteiger partial charge in [0.25, 0.3) is 0 Å². The van der Waals surface area contributed by atoms with Gasteiger partial charge in [-0.15, -0.1) is 0 Å². The van der Waals surface area contributed by atoms with Gasteiger partial charge in [0, 0.05) is 10.7 Å². The zero-order valence-corrected chi connectivity index (χ0v) is 9.74. The third-order valence-electron chi connectivity index (χ3n) is 1.42. The molecule has 3 nitrogen and oxygen atoms in total. The van der Waals surface area contributed by atoms with E-state index in [2.05, 4.69) is 20.7 Å². The Morgan fingerprint density at radius 2 is 2.23 bits per heavy atom. The lowest BCUT2D eigenvalue weighted by Gasteiger charge is -2.08. The first-order valence-electron chi connectivity index (χ1n) is 3.57. The second-order valence-electron chi connectivity index (χ2n) is 2.40. The highest BCUT2D eigenvalue weighted by molar-refractivity contribution is 9.10. The fourth-order valence-electron chi connectivity index (χ4n) is 0.915. The van der Waals surface area contributed by atoms with Crippen LogP contribution < -0.4 is 9.46 Å². The van der Waals surface area contributed by atoms with Crippen molar-refractivity contribution < 1.29 is 8.95 Å². The quantitative estimate of drug-likeness (QED) is 0.908. The van der Waals surface area contributed by atoms with Gasteiger partial charge in [-0.2, -0.15) is 0 Å². The summed E-state index contributed by atoms with van der Waals surface area (Å²) in [5.41, 5.74) is 0.720. The molecule has 0 aromatic heterocycles. The lowest BCUT2D eigenvalue weighted by Crippen LogP contribution is -2.02. The van der Waals surface area contributed by atoms with E-state index in [9.17, 15) is 4.21 Å². The number of benzene rings is 1. The van der Waals surface area contributed by atoms with Gasteiger partial charge in [-0.25, -0.2) is 4.21 Å². The average Bonchev–Trinajstić information content (AvgIpc) is 2.03. The van der Waals surface area contributed by atoms with Gasteiger partial charge in [-0.05, 0) is 18.2 Å². The topological polar surface area (TPSA) is 38.3 Å². The first-order chi connectivity index (χ1) is 6.13. The van der Waals surface area contributed by atoms with E-state index in [0.717, 1.165) is 10.2 Å². The van der Waals surface area contributed by atoms with E-state index in [0.29, 0.717) is 5.75 Å². The maximum Gasteiger partial charge on any atom is 0.142 e. The Morgan fingerprint density at radius 1 is 1.54 bits per heavy atom. The molecule has 5 heteroatoms. The number of methoxy groups -OCH3 is 1. The van der Waals surface area contributed by atoms with Gasteiger partial charge in [0.05, 0.1) is 12.8 Å². The maximum atomic E-state index is 10.9. The predicted octanol–water partition coefficient (Wildman–Crippen LogP) is 2.16. The molecule has 72 valence electrons. The molecule has 0 saturated carbocycles. The van der Waals surface area contributed by atoms with Crippen molar-refractivity contribution in [2.45, 2.75) is 0 Å². The Balaban J connectivity index is 3.01. The van der Waals surface area contributed by atoms with Gasteiger partial charge in [-0.3, -0.25) is 0 Å². The number of halogens is 1. The smallest absolute Gasteiger partial charge is 0.142 e. The van der Waals surface area contributed by atoms with Gasteiger partial charge >= 0.3 is 0 Å². The van der Waals surface area contributed by atoms with Crippen molar-refractivity contribution in [1.29, 1.82) is 0 Å². The molecule has 0 aliphatic heterocycles. The summed E-state index contributed by atoms with van der Waals surface area (Å²) in [6, 6.07) is 5.49. The number of rotatable bonds is 3. The monoisotopic (exact) mass is 263 g/mol. The first kappa shape index (κ1) is 10.5. The van der Waals surface area contributed by atoms with Gasteiger partial charge in [0.2, 0.25) is 0 Å². The van der Waals surface area contributed by atoms with E-state index >= 15 is 0 Å². The summed E-state index contributed by atoms with van der Waals surface area (Å²) in [5, 5.41) is 0. The molecule has 1 N–H and O–H groups in total. The summed E-state index contributed by atoms with van der Waals surface area (Å²) in [5.74, 6) is 0.679. The second kappa shape index (κ2) is 4.62. The van der Waals surface area contributed by atoms with E-state index in [-0.39, 0.29) is 0 Å². The third kappa shape index (κ3) is 3.00. The summed E-state index contributed by atoms with van der Waals surface area (Å²) in [7, 11) is 0.489. The standard InChI is InChI=1S/C8H10BrNO2S/c1-12-8-4-3-6(9)5-7(8)10-13(2)11/h3-5,10H,1-2H3. The molecule has 0 fully saturated rings. The van der Waals surface area contributed by atoms with Crippen molar-refractivity contribution in [2.75, 3.05) is 18.1 Å². The molecule has 1 atom stereocenters. The Labute approximate surface area is 88.2 Å². The molecule has 0 saturated heterocycles. The zero-order chi connectivity index (χ0) is 9.84. The molecule has 0 spiro atoms. The van der Waals surface area contributed by atoms with Crippen molar-refractivity contribution in [2.24, 2.45) is 0 Å². The molecule has 1 aromatic carbocycles. The molecule has 1 rings (SSSR count). The third-order valence-corrected chi connectivity index (χ3v) is 2.42. The lowest BCUT2D eigenvalue weighted by atomic mass is 10.3. The van der Waals surface area contributed by atoms with Crippen LogP contribution in [-0.4, -0.2) is 17.6 Å². The summed E-state index contributed by atoms with van der Waals surface area (Å²) >= 11 is 3.32. The highest BCUT2D eigenvalue weighted by Crippen LogP contribution is 2.27. The van der Waals surface area contributed by atoms with Crippen LogP contribution in [0.15, 0.2) is 22.7 Å². The minimum absolute atomic E-state index is 0.679. The molecular formula is C8H10BrNO2S. The van der Waals surface area contributed by atoms with E-state index in [1.807, 2.05) is 12.1 Å². The average molecular weight is 264 g/mol. The molecule has 0 aliphatic carbocycles. The number of anilines is 1. The van der Waals surface area contributed by atoms with Crippen LogP contribution >= 0.6 is 15.9 Å². The second-order valence-corrected chi connectivity index (χ2v) is 4.43. The summed E-state index contributed by atoms with van der Waals surface area (Å²) in [4.78, 5) is 0. The molecular weight excluding hydrogens is 254 g/mol. The molecule has 0 heterocycles. The normalized spacial score (nSPS) is 12.2. The SMILES string of the molecule is COc1ccc(Br)cc1NS(C)=O. The van der Waals surface area contributed by atoms with Crippen molar-refractivity contribution in [3.05, 3.63) is 22.7 Å². The molecule has 0 amide bonds. The van der Waals surface area contributed by atoms with Gasteiger partial charge in [-0.1, -0.05) is 15.9 Å². The van der Waals surface area contributed by atoms with E-state index in [1.165, 1.54) is 0 Å². The van der Waals surface area contributed by atoms with Crippen LogP contribution in [0.3, 0.4) is 0 Å². The van der Waals surface area contributed by atoms with Crippen LogP contribution in [0.25, 0.3) is 0 Å². The summed E-state index contributed by atoms with van der Waals surface area (Å²) in [6.07, 6.45) is 1.57. The van der Waals surface area contributed by atoms with E-state index < -0.39 is 11.0 Å². The molecule has 13 heavy (non-hydrogen) atoms. The van der Waals surface area contributed by atoms with Crippen LogP contribution in [-0.2, 0) is 11.0 Å². The minimum atomic E-state index is -1.09. The summed E-state index contributed by atoms with van der Waals surface area (Å²) in [6.45, 7) is 0. The van der Waals surface area contributed by atoms with Gasteiger partial charge in [0.1, 0.15) is 16.7 Å². The van der Waals surface area contributed by atoms with Crippen molar-refractivity contribution in [3.8, 4) is 5.75 Å². The minimum Gasteiger partial charge on any atom is -0.495 e. The number of nitrogens with one attached hydrogen (secondary N) is 1. The Kier molecular flexibility index (Phi) is 3.74. The number of hydrogen-bond acceptors (Lipinski definition) is 2. The summed E-state index contributed by atoms with van der Waals surface area (Å²) < 4.78 is 19.7. The molecule has 0 bridgehead atoms. The van der Waals surface area contributed by atoms with Crippen molar-refractivity contribution in [1.82, 2.24) is 0 Å². The van der Waals surface area contributed by atoms with Crippen LogP contribution in [0, 0.1) is 0 Å². The van der Waals surface area contributed by atoms with E-state index in [4.69, 9.17) is 4.74 Å². The Hall–Kier alpha value is -0.550. The molecule has 0 aliphatic rings. The fraction of sp³-hybridized carbons (Fsp3) is 0.250. The number of ether oxygens (including phenoxy) is 1. The van der Waals surface area contributed by atoms with Crippen LogP contribution in [0.5, 0.6) is 5.75 Å². The molecule has 1 aromatic rings. The maximum absolute atomic E-state index is 10.9. The van der Waals surface area contributed by atoms with Crippen LogP contribution in [0.1, 0.15) is 0 Å². The largest absolute Gasteiger partial charge is 0.495 e. The molecule has 0 radical (unpaired) electrons. The van der Waals surface area contributed by atoms with Crippen LogP contribution in [0.2, 0.25) is 0 Å². The highest BCUT2D eigenvalue weighted by Gasteiger charge is 2.03. The molecule has 1 unspecified atom stereocenters. The van der Waals surface area contributed by atoms with Gasteiger partial charge in [0.15, 0.2) is 0 Å². The van der Waals surface area contributed by atoms with Crippen LogP contribution in [0.4, 0.5) is 5.69 Å². The lowest BCUT2D eigenvalue weighted by molar-refractivity contribution is 0.417. The fourth-order valence-corrected chi connectivity index (χ4v) is 1.75.